The average Bonchev–Trinajstić information content (AvgIpc) is 2.26. The van der Waals surface area contributed by atoms with Gasteiger partial charge in [-0.2, -0.15) is 0 Å². The molecule has 1 aromatic carbocycles. The van der Waals surface area contributed by atoms with E-state index in [1.807, 2.05) is 30.5 Å². The standard InChI is InChI=1S/C10H10N4/c1-2-4-8-7(3-1)13-9-5-11-6-12-10(9)14-8/h1-6,10,13-14H,(H,11,12). The molecule has 0 fully saturated rings. The highest BCUT2D eigenvalue weighted by molar-refractivity contribution is 5.76. The van der Waals surface area contributed by atoms with Gasteiger partial charge in [-0.15, -0.1) is 0 Å². The third-order valence-corrected chi connectivity index (χ3v) is 2.33. The highest BCUT2D eigenvalue weighted by Gasteiger charge is 2.21. The Morgan fingerprint density at radius 1 is 1.14 bits per heavy atom. The molecule has 4 heteroatoms. The van der Waals surface area contributed by atoms with Crippen molar-refractivity contribution in [2.75, 3.05) is 10.6 Å². The molecule has 0 aromatic heterocycles. The van der Waals surface area contributed by atoms with Gasteiger partial charge in [0.15, 0.2) is 6.17 Å². The van der Waals surface area contributed by atoms with Crippen molar-refractivity contribution < 1.29 is 0 Å². The molecule has 2 aliphatic rings. The van der Waals surface area contributed by atoms with Crippen LogP contribution in [0.5, 0.6) is 0 Å². The van der Waals surface area contributed by atoms with Crippen LogP contribution in [0.4, 0.5) is 11.4 Å². The van der Waals surface area contributed by atoms with Crippen LogP contribution in [0.2, 0.25) is 0 Å². The maximum atomic E-state index is 4.27. The Bertz CT molecular complexity index is 422. The van der Waals surface area contributed by atoms with Gasteiger partial charge >= 0.3 is 0 Å². The Balaban J connectivity index is 2.03. The molecular formula is C10H10N4. The minimum Gasteiger partial charge on any atom is -0.357 e. The second-order valence-corrected chi connectivity index (χ2v) is 3.26. The molecule has 2 heterocycles. The van der Waals surface area contributed by atoms with Crippen LogP contribution in [0.15, 0.2) is 41.2 Å². The first-order chi connectivity index (χ1) is 6.93. The molecule has 0 bridgehead atoms. The lowest BCUT2D eigenvalue weighted by molar-refractivity contribution is 0.839. The highest BCUT2D eigenvalue weighted by Crippen LogP contribution is 2.30. The molecule has 0 amide bonds. The fourth-order valence-corrected chi connectivity index (χ4v) is 1.64. The second kappa shape index (κ2) is 2.77. The van der Waals surface area contributed by atoms with E-state index >= 15 is 0 Å². The van der Waals surface area contributed by atoms with Crippen LogP contribution in [0.25, 0.3) is 0 Å². The van der Waals surface area contributed by atoms with Gasteiger partial charge in [0.1, 0.15) is 0 Å². The van der Waals surface area contributed by atoms with Crippen LogP contribution in [-0.4, -0.2) is 12.5 Å². The zero-order valence-corrected chi connectivity index (χ0v) is 7.49. The van der Waals surface area contributed by atoms with Crippen LogP contribution in [0.3, 0.4) is 0 Å². The lowest BCUT2D eigenvalue weighted by Crippen LogP contribution is -2.33. The van der Waals surface area contributed by atoms with Gasteiger partial charge < -0.3 is 16.0 Å². The Morgan fingerprint density at radius 3 is 2.93 bits per heavy atom. The molecule has 4 nitrogen and oxygen atoms in total. The van der Waals surface area contributed by atoms with Crippen LogP contribution < -0.4 is 16.0 Å². The zero-order valence-electron chi connectivity index (χ0n) is 7.49. The number of fused-ring (bicyclic) bond motifs is 2. The first kappa shape index (κ1) is 7.44. The smallest absolute Gasteiger partial charge is 0.162 e. The molecule has 1 aromatic rings. The van der Waals surface area contributed by atoms with Gasteiger partial charge in [-0.3, -0.25) is 0 Å². The average molecular weight is 186 g/mol. The largest absolute Gasteiger partial charge is 0.357 e. The Labute approximate surface area is 81.7 Å². The van der Waals surface area contributed by atoms with Crippen molar-refractivity contribution in [1.82, 2.24) is 5.32 Å². The van der Waals surface area contributed by atoms with Crippen LogP contribution in [0.1, 0.15) is 0 Å². The fourth-order valence-electron chi connectivity index (χ4n) is 1.64. The first-order valence-corrected chi connectivity index (χ1v) is 4.54. The van der Waals surface area contributed by atoms with Gasteiger partial charge in [0.2, 0.25) is 0 Å². The summed E-state index contributed by atoms with van der Waals surface area (Å²) >= 11 is 0. The molecule has 1 atom stereocenters. The highest BCUT2D eigenvalue weighted by atomic mass is 15.2. The van der Waals surface area contributed by atoms with E-state index in [0.29, 0.717) is 0 Å². The zero-order chi connectivity index (χ0) is 9.38. The number of aliphatic imine (C=N–C) groups is 1. The van der Waals surface area contributed by atoms with Gasteiger partial charge in [-0.05, 0) is 12.1 Å². The van der Waals surface area contributed by atoms with Crippen molar-refractivity contribution in [3.8, 4) is 0 Å². The van der Waals surface area contributed by atoms with Crippen molar-refractivity contribution in [3.63, 3.8) is 0 Å². The van der Waals surface area contributed by atoms with Crippen LogP contribution >= 0.6 is 0 Å². The number of rotatable bonds is 0. The van der Waals surface area contributed by atoms with E-state index in [2.05, 4.69) is 20.9 Å². The van der Waals surface area contributed by atoms with Crippen molar-refractivity contribution in [1.29, 1.82) is 0 Å². The van der Waals surface area contributed by atoms with Crippen molar-refractivity contribution in [2.45, 2.75) is 6.17 Å². The summed E-state index contributed by atoms with van der Waals surface area (Å²) < 4.78 is 0. The lowest BCUT2D eigenvalue weighted by Gasteiger charge is -2.29. The SMILES string of the molecule is C1=NC2Nc3ccccc3NC2=CN1. The van der Waals surface area contributed by atoms with Crippen molar-refractivity contribution in [3.05, 3.63) is 36.2 Å². The molecule has 0 radical (unpaired) electrons. The van der Waals surface area contributed by atoms with E-state index < -0.39 is 0 Å². The monoisotopic (exact) mass is 186 g/mol. The van der Waals surface area contributed by atoms with E-state index in [4.69, 9.17) is 0 Å². The fraction of sp³-hybridized carbons (Fsp3) is 0.100. The minimum atomic E-state index is 0.0196. The quantitative estimate of drug-likeness (QED) is 0.572. The summed E-state index contributed by atoms with van der Waals surface area (Å²) in [7, 11) is 0. The number of para-hydroxylation sites is 2. The molecule has 1 unspecified atom stereocenters. The van der Waals surface area contributed by atoms with E-state index in [0.717, 1.165) is 17.1 Å². The number of nitrogens with one attached hydrogen (secondary N) is 3. The Hall–Kier alpha value is -1.97. The lowest BCUT2D eigenvalue weighted by atomic mass is 10.2. The topological polar surface area (TPSA) is 48.5 Å². The molecule has 2 aliphatic heterocycles. The third-order valence-electron chi connectivity index (χ3n) is 2.33. The molecule has 0 spiro atoms. The Morgan fingerprint density at radius 2 is 2.00 bits per heavy atom. The molecule has 0 saturated carbocycles. The van der Waals surface area contributed by atoms with E-state index in [9.17, 15) is 0 Å². The van der Waals surface area contributed by atoms with Gasteiger partial charge in [-0.1, -0.05) is 12.1 Å². The first-order valence-electron chi connectivity index (χ1n) is 4.54. The summed E-state index contributed by atoms with van der Waals surface area (Å²) in [6.45, 7) is 0. The van der Waals surface area contributed by atoms with E-state index in [-0.39, 0.29) is 6.17 Å². The summed E-state index contributed by atoms with van der Waals surface area (Å²) in [6, 6.07) is 8.09. The predicted octanol–water partition coefficient (Wildman–Crippen LogP) is 1.32. The number of anilines is 2. The van der Waals surface area contributed by atoms with Gasteiger partial charge in [0.25, 0.3) is 0 Å². The van der Waals surface area contributed by atoms with Crippen LogP contribution in [-0.2, 0) is 0 Å². The summed E-state index contributed by atoms with van der Waals surface area (Å²) in [6.07, 6.45) is 3.63. The predicted molar refractivity (Wildman–Crippen MR) is 57.2 cm³/mol. The normalized spacial score (nSPS) is 22.0. The molecule has 3 N–H and O–H groups in total. The van der Waals surface area contributed by atoms with Crippen molar-refractivity contribution >= 4 is 17.7 Å². The molecule has 0 aliphatic carbocycles. The van der Waals surface area contributed by atoms with Gasteiger partial charge in [-0.25, -0.2) is 4.99 Å². The van der Waals surface area contributed by atoms with Crippen molar-refractivity contribution in [2.24, 2.45) is 4.99 Å². The number of nitrogens with zero attached hydrogens (tertiary/aromatic N) is 1. The van der Waals surface area contributed by atoms with E-state index in [1.165, 1.54) is 0 Å². The Kier molecular flexibility index (Phi) is 1.47. The number of benzene rings is 1. The maximum absolute atomic E-state index is 4.27. The van der Waals surface area contributed by atoms with Gasteiger partial charge in [0, 0.05) is 6.20 Å². The molecule has 0 saturated heterocycles. The summed E-state index contributed by atoms with van der Waals surface area (Å²) in [5.41, 5.74) is 3.23. The molecule has 70 valence electrons. The molecule has 14 heavy (non-hydrogen) atoms. The summed E-state index contributed by atoms with van der Waals surface area (Å²) in [5, 5.41) is 9.61. The molecule has 3 rings (SSSR count). The minimum absolute atomic E-state index is 0.0196. The van der Waals surface area contributed by atoms with Gasteiger partial charge in [0.05, 0.1) is 23.4 Å². The summed E-state index contributed by atoms with van der Waals surface area (Å²) in [4.78, 5) is 4.27. The number of hydrogen-bond donors (Lipinski definition) is 3. The van der Waals surface area contributed by atoms with E-state index in [1.54, 1.807) is 6.34 Å². The maximum Gasteiger partial charge on any atom is 0.162 e. The third kappa shape index (κ3) is 1.04. The summed E-state index contributed by atoms with van der Waals surface area (Å²) in [5.74, 6) is 0. The second-order valence-electron chi connectivity index (χ2n) is 3.26. The van der Waals surface area contributed by atoms with Crippen LogP contribution in [0, 0.1) is 0 Å². The number of hydrogen-bond acceptors (Lipinski definition) is 4. The molecular weight excluding hydrogens is 176 g/mol.